The number of benzene rings is 3. The van der Waals surface area contributed by atoms with E-state index in [4.69, 9.17) is 21.2 Å². The molecule has 10 nitrogen and oxygen atoms in total. The number of ether oxygens (including phenoxy) is 1. The number of carbonyl (C=O) groups excluding carboxylic acids is 2. The maximum atomic E-state index is 14.0. The molecule has 9 atom stereocenters. The Kier molecular flexibility index (Phi) is 12.9. The van der Waals surface area contributed by atoms with Crippen molar-refractivity contribution in [2.24, 2.45) is 40.0 Å². The number of carbonyl (C=O) groups is 2. The van der Waals surface area contributed by atoms with Gasteiger partial charge < -0.3 is 25.2 Å². The first-order valence-corrected chi connectivity index (χ1v) is 19.9. The van der Waals surface area contributed by atoms with Gasteiger partial charge in [-0.3, -0.25) is 14.4 Å². The fourth-order valence-electron chi connectivity index (χ4n) is 9.48. The summed E-state index contributed by atoms with van der Waals surface area (Å²) in [6.45, 7) is 8.96. The topological polar surface area (TPSA) is 124 Å². The average Bonchev–Trinajstić information content (AvgIpc) is 3.52. The lowest BCUT2D eigenvalue weighted by Gasteiger charge is -2.61. The molecule has 2 unspecified atom stereocenters. The quantitative estimate of drug-likeness (QED) is 0.163. The van der Waals surface area contributed by atoms with Gasteiger partial charge >= 0.3 is 0 Å². The van der Waals surface area contributed by atoms with Gasteiger partial charge in [0.25, 0.3) is 11.8 Å². The third-order valence-corrected chi connectivity index (χ3v) is 12.7. The predicted octanol–water partition coefficient (Wildman–Crippen LogP) is 6.31. The molecule has 1 aliphatic heterocycles. The van der Waals surface area contributed by atoms with E-state index in [1.165, 1.54) is 11.5 Å². The first kappa shape index (κ1) is 41.0. The smallest absolute Gasteiger partial charge is 0.265 e. The number of aliphatic hydroxyl groups excluding tert-OH is 2. The third kappa shape index (κ3) is 8.85. The van der Waals surface area contributed by atoms with Gasteiger partial charge in [0.15, 0.2) is 0 Å². The number of nitrogens with one attached hydrogen (secondary N) is 1. The van der Waals surface area contributed by atoms with E-state index in [0.29, 0.717) is 69.2 Å². The Labute approximate surface area is 330 Å². The van der Waals surface area contributed by atoms with E-state index in [1.54, 1.807) is 32.2 Å². The van der Waals surface area contributed by atoms with Crippen LogP contribution in [0, 0.1) is 35.0 Å². The molecule has 55 heavy (non-hydrogen) atoms. The second-order valence-corrected chi connectivity index (χ2v) is 17.2. The van der Waals surface area contributed by atoms with Crippen LogP contribution in [0.25, 0.3) is 11.1 Å². The van der Waals surface area contributed by atoms with E-state index in [2.05, 4.69) is 43.2 Å². The number of nitrogens with zero attached hydrogens (tertiary/aromatic N) is 3. The molecule has 2 amide bonds. The van der Waals surface area contributed by atoms with Gasteiger partial charge in [0.2, 0.25) is 0 Å². The van der Waals surface area contributed by atoms with Gasteiger partial charge in [-0.25, -0.2) is 4.99 Å². The standard InChI is InChI=1S/C44H57ClN4O6/c1-26-32(18-33-21-37(26)44(33,3)4)22-46-43(53)40-39(27(2)51)38(25-50)55-49(40)23-29-14-11-15-36(41(29)54-7)30-17-31(20-34(45)19-30)42(52)47-35(24-48(5)6)16-28-12-9-8-10-13-28/h8-15,17,19-20,22,26-27,32-33,35,37-40,50-51H,16,18,21,23-25H2,1-7H3,(H,47,52)/t26-,27+,32?,33+,35?,37+,38+,39-,40+/m1/s1. The molecule has 0 aromatic heterocycles. The van der Waals surface area contributed by atoms with Crippen molar-refractivity contribution in [3.63, 3.8) is 0 Å². The number of methoxy groups -OCH3 is 1. The Hall–Kier alpha value is -3.64. The Morgan fingerprint density at radius 2 is 1.87 bits per heavy atom. The Morgan fingerprint density at radius 3 is 2.51 bits per heavy atom. The minimum Gasteiger partial charge on any atom is -0.496 e. The molecule has 0 radical (unpaired) electrons. The lowest BCUT2D eigenvalue weighted by Crippen LogP contribution is -2.55. The zero-order chi connectivity index (χ0) is 39.6. The highest BCUT2D eigenvalue weighted by Gasteiger charge is 2.56. The van der Waals surface area contributed by atoms with Crippen LogP contribution in [0.1, 0.15) is 62.0 Å². The van der Waals surface area contributed by atoms with Gasteiger partial charge in [-0.1, -0.05) is 80.9 Å². The van der Waals surface area contributed by atoms with Crippen LogP contribution in [0.2, 0.25) is 5.02 Å². The second-order valence-electron chi connectivity index (χ2n) is 16.7. The lowest BCUT2D eigenvalue weighted by molar-refractivity contribution is -0.181. The highest BCUT2D eigenvalue weighted by Crippen LogP contribution is 2.62. The highest BCUT2D eigenvalue weighted by atomic mass is 35.5. The molecule has 1 saturated heterocycles. The van der Waals surface area contributed by atoms with E-state index in [-0.39, 0.29) is 31.0 Å². The Balaban J connectivity index is 1.25. The van der Waals surface area contributed by atoms with Crippen LogP contribution in [0.5, 0.6) is 5.75 Å². The monoisotopic (exact) mass is 772 g/mol. The first-order valence-electron chi connectivity index (χ1n) is 19.5. The summed E-state index contributed by atoms with van der Waals surface area (Å²) in [5.41, 5.74) is 3.94. The minimum atomic E-state index is -0.942. The maximum Gasteiger partial charge on any atom is 0.265 e. The molecule has 3 aliphatic carbocycles. The molecule has 3 aromatic rings. The molecule has 3 N–H and O–H groups in total. The summed E-state index contributed by atoms with van der Waals surface area (Å²) < 4.78 is 6.00. The van der Waals surface area contributed by atoms with Crippen molar-refractivity contribution >= 4 is 29.6 Å². The average molecular weight is 773 g/mol. The molecule has 296 valence electrons. The number of hydroxylamine groups is 2. The van der Waals surface area contributed by atoms with Crippen LogP contribution in [0.3, 0.4) is 0 Å². The van der Waals surface area contributed by atoms with Crippen molar-refractivity contribution in [2.45, 2.75) is 77.8 Å². The molecule has 3 aromatic carbocycles. The highest BCUT2D eigenvalue weighted by molar-refractivity contribution is 6.31. The van der Waals surface area contributed by atoms with Crippen molar-refractivity contribution in [2.75, 3.05) is 34.4 Å². The number of aliphatic imine (C=N–C) groups is 1. The number of hydrogen-bond donors (Lipinski definition) is 3. The van der Waals surface area contributed by atoms with Crippen LogP contribution in [-0.2, 0) is 22.6 Å². The normalized spacial score (nSPS) is 27.1. The third-order valence-electron chi connectivity index (χ3n) is 12.5. The molecule has 2 bridgehead atoms. The summed E-state index contributed by atoms with van der Waals surface area (Å²) in [6, 6.07) is 19.9. The molecule has 1 heterocycles. The van der Waals surface area contributed by atoms with Gasteiger partial charge in [0, 0.05) is 46.4 Å². The molecule has 0 spiro atoms. The van der Waals surface area contributed by atoms with Crippen LogP contribution < -0.4 is 10.1 Å². The summed E-state index contributed by atoms with van der Waals surface area (Å²) in [4.78, 5) is 40.5. The number of para-hydroxylation sites is 1. The zero-order valence-corrected chi connectivity index (χ0v) is 33.9. The van der Waals surface area contributed by atoms with Gasteiger partial charge in [-0.05, 0) is 98.7 Å². The number of aliphatic hydroxyl groups is 2. The molecule has 4 aliphatic rings. The van der Waals surface area contributed by atoms with E-state index >= 15 is 0 Å². The maximum absolute atomic E-state index is 14.0. The minimum absolute atomic E-state index is 0.112. The van der Waals surface area contributed by atoms with Crippen molar-refractivity contribution in [1.82, 2.24) is 15.3 Å². The lowest BCUT2D eigenvalue weighted by atomic mass is 9.43. The summed E-state index contributed by atoms with van der Waals surface area (Å²) in [5, 5.41) is 26.3. The largest absolute Gasteiger partial charge is 0.496 e. The van der Waals surface area contributed by atoms with Gasteiger partial charge in [-0.15, -0.1) is 0 Å². The second kappa shape index (κ2) is 17.2. The molecular weight excluding hydrogens is 716 g/mol. The summed E-state index contributed by atoms with van der Waals surface area (Å²) >= 11 is 6.66. The van der Waals surface area contributed by atoms with Crippen LogP contribution in [-0.4, -0.2) is 96.9 Å². The first-order chi connectivity index (χ1) is 26.2. The van der Waals surface area contributed by atoms with Crippen molar-refractivity contribution in [1.29, 1.82) is 0 Å². The van der Waals surface area contributed by atoms with Crippen LogP contribution >= 0.6 is 11.6 Å². The van der Waals surface area contributed by atoms with E-state index in [9.17, 15) is 19.8 Å². The van der Waals surface area contributed by atoms with E-state index in [0.717, 1.165) is 12.0 Å². The van der Waals surface area contributed by atoms with Gasteiger partial charge in [0.1, 0.15) is 17.9 Å². The van der Waals surface area contributed by atoms with Crippen molar-refractivity contribution in [3.05, 3.63) is 88.4 Å². The Morgan fingerprint density at radius 1 is 1.13 bits per heavy atom. The van der Waals surface area contributed by atoms with Gasteiger partial charge in [-0.2, -0.15) is 5.06 Å². The molecule has 7 rings (SSSR count). The Bertz CT molecular complexity index is 1850. The van der Waals surface area contributed by atoms with Crippen molar-refractivity contribution in [3.8, 4) is 16.9 Å². The fourth-order valence-corrected chi connectivity index (χ4v) is 9.72. The number of rotatable bonds is 14. The number of hydrogen-bond acceptors (Lipinski definition) is 8. The summed E-state index contributed by atoms with van der Waals surface area (Å²) in [7, 11) is 5.53. The number of likely N-dealkylation sites (N-methyl/N-ethyl adjacent to an activating group) is 1. The van der Waals surface area contributed by atoms with Crippen LogP contribution in [0.4, 0.5) is 0 Å². The molecule has 3 saturated carbocycles. The van der Waals surface area contributed by atoms with Gasteiger partial charge in [0.05, 0.1) is 26.4 Å². The van der Waals surface area contributed by atoms with E-state index in [1.807, 2.05) is 61.6 Å². The zero-order valence-electron chi connectivity index (χ0n) is 33.1. The number of halogens is 1. The fraction of sp³-hybridized carbons (Fsp3) is 0.523. The molecule has 4 fully saturated rings. The SMILES string of the molecule is COc1c(CN2O[C@@H](CO)[C@@H]([C@H](C)O)[C@H]2C(=O)N=CC2C[C@H]3C[C@@H]([C@@H]2C)C3(C)C)cccc1-c1cc(Cl)cc(C(=O)NC(Cc2ccccc2)CN(C)C)c1. The summed E-state index contributed by atoms with van der Waals surface area (Å²) in [6.07, 6.45) is 2.99. The summed E-state index contributed by atoms with van der Waals surface area (Å²) in [5.74, 6) is 1.03. The van der Waals surface area contributed by atoms with Crippen molar-refractivity contribution < 1.29 is 29.4 Å². The van der Waals surface area contributed by atoms with E-state index < -0.39 is 30.1 Å². The molecular formula is C44H57ClN4O6. The number of fused-ring (bicyclic) bond motifs is 2. The predicted molar refractivity (Wildman–Crippen MR) is 216 cm³/mol. The number of amides is 2. The van der Waals surface area contributed by atoms with Crippen LogP contribution in [0.15, 0.2) is 71.7 Å². The molecule has 11 heteroatoms.